The van der Waals surface area contributed by atoms with Crippen molar-refractivity contribution in [2.24, 2.45) is 0 Å². The number of rotatable bonds is 4. The molecular weight excluding hydrogens is 270 g/mol. The van der Waals surface area contributed by atoms with Crippen LogP contribution in [0.5, 0.6) is 0 Å². The number of aromatic nitrogens is 1. The third-order valence-electron chi connectivity index (χ3n) is 2.27. The zero-order chi connectivity index (χ0) is 13.1. The molecule has 1 aromatic heterocycles. The predicted octanol–water partition coefficient (Wildman–Crippen LogP) is 1.59. The summed E-state index contributed by atoms with van der Waals surface area (Å²) in [5.41, 5.74) is 7.13. The maximum Gasteiger partial charge on any atom is 0.238 e. The first kappa shape index (κ1) is 13.0. The van der Waals surface area contributed by atoms with Crippen LogP contribution in [0.3, 0.4) is 0 Å². The minimum atomic E-state index is -1.11. The van der Waals surface area contributed by atoms with Crippen molar-refractivity contribution in [3.8, 4) is 0 Å². The van der Waals surface area contributed by atoms with Crippen LogP contribution < -0.4 is 11.1 Å². The largest absolute Gasteiger partial charge is 0.399 e. The van der Waals surface area contributed by atoms with E-state index in [9.17, 15) is 9.00 Å². The van der Waals surface area contributed by atoms with Crippen LogP contribution in [0.15, 0.2) is 18.2 Å². The predicted molar refractivity (Wildman–Crippen MR) is 76.2 cm³/mol. The summed E-state index contributed by atoms with van der Waals surface area (Å²) in [5.74, 6) is 0.209. The molecule has 0 saturated carbocycles. The standard InChI is InChI=1S/C11H13N3O2S2/c1-2-18(16)6-10(15)14-11-13-8-4-3-7(12)5-9(8)17-11/h3-5H,2,6,12H2,1H3,(H,13,14,15). The molecule has 0 spiro atoms. The van der Waals surface area contributed by atoms with Gasteiger partial charge in [0.15, 0.2) is 5.13 Å². The summed E-state index contributed by atoms with van der Waals surface area (Å²) in [7, 11) is -1.11. The maximum atomic E-state index is 11.6. The Morgan fingerprint density at radius 2 is 2.33 bits per heavy atom. The molecule has 18 heavy (non-hydrogen) atoms. The van der Waals surface area contributed by atoms with Crippen LogP contribution >= 0.6 is 11.3 Å². The molecule has 5 nitrogen and oxygen atoms in total. The van der Waals surface area contributed by atoms with Gasteiger partial charge in [-0.05, 0) is 18.2 Å². The topological polar surface area (TPSA) is 85.1 Å². The maximum absolute atomic E-state index is 11.6. The van der Waals surface area contributed by atoms with Gasteiger partial charge in [0, 0.05) is 22.2 Å². The quantitative estimate of drug-likeness (QED) is 0.834. The first-order chi connectivity index (χ1) is 8.58. The van der Waals surface area contributed by atoms with Gasteiger partial charge in [0.2, 0.25) is 5.91 Å². The number of carbonyl (C=O) groups excluding carboxylic acids is 1. The average molecular weight is 283 g/mol. The second-order valence-corrected chi connectivity index (χ2v) is 6.44. The van der Waals surface area contributed by atoms with E-state index in [1.54, 1.807) is 19.1 Å². The molecule has 1 heterocycles. The van der Waals surface area contributed by atoms with Crippen molar-refractivity contribution in [3.05, 3.63) is 18.2 Å². The number of hydrogen-bond acceptors (Lipinski definition) is 5. The fourth-order valence-electron chi connectivity index (χ4n) is 1.40. The van der Waals surface area contributed by atoms with Crippen LogP contribution in [-0.2, 0) is 15.6 Å². The number of fused-ring (bicyclic) bond motifs is 1. The van der Waals surface area contributed by atoms with Crippen LogP contribution in [-0.4, -0.2) is 26.6 Å². The molecule has 0 fully saturated rings. The lowest BCUT2D eigenvalue weighted by Gasteiger charge is -1.99. The minimum Gasteiger partial charge on any atom is -0.399 e. The minimum absolute atomic E-state index is 0.00850. The van der Waals surface area contributed by atoms with Gasteiger partial charge in [-0.2, -0.15) is 0 Å². The van der Waals surface area contributed by atoms with E-state index in [4.69, 9.17) is 5.73 Å². The van der Waals surface area contributed by atoms with Crippen molar-refractivity contribution in [1.82, 2.24) is 4.98 Å². The van der Waals surface area contributed by atoms with E-state index in [1.165, 1.54) is 11.3 Å². The molecule has 0 radical (unpaired) electrons. The fourth-order valence-corrected chi connectivity index (χ4v) is 2.90. The van der Waals surface area contributed by atoms with E-state index in [-0.39, 0.29) is 11.7 Å². The first-order valence-corrected chi connectivity index (χ1v) is 7.70. The van der Waals surface area contributed by atoms with Crippen LogP contribution in [0, 0.1) is 0 Å². The first-order valence-electron chi connectivity index (χ1n) is 5.39. The molecular formula is C11H13N3O2S2. The highest BCUT2D eigenvalue weighted by atomic mass is 32.2. The molecule has 1 unspecified atom stereocenters. The highest BCUT2D eigenvalue weighted by Gasteiger charge is 2.10. The molecule has 2 rings (SSSR count). The van der Waals surface area contributed by atoms with E-state index >= 15 is 0 Å². The van der Waals surface area contributed by atoms with E-state index < -0.39 is 10.8 Å². The molecule has 0 aliphatic rings. The van der Waals surface area contributed by atoms with Crippen LogP contribution in [0.25, 0.3) is 10.2 Å². The van der Waals surface area contributed by atoms with E-state index in [2.05, 4.69) is 10.3 Å². The lowest BCUT2D eigenvalue weighted by atomic mass is 10.3. The molecule has 7 heteroatoms. The Morgan fingerprint density at radius 1 is 1.56 bits per heavy atom. The van der Waals surface area contributed by atoms with Gasteiger partial charge in [0.05, 0.1) is 10.2 Å². The monoisotopic (exact) mass is 283 g/mol. The summed E-state index contributed by atoms with van der Waals surface area (Å²) in [6.07, 6.45) is 0. The third-order valence-corrected chi connectivity index (χ3v) is 4.43. The number of hydrogen-bond donors (Lipinski definition) is 2. The van der Waals surface area contributed by atoms with Gasteiger partial charge in [0.25, 0.3) is 0 Å². The number of nitrogens with one attached hydrogen (secondary N) is 1. The summed E-state index contributed by atoms with van der Waals surface area (Å²) < 4.78 is 12.2. The fraction of sp³-hybridized carbons (Fsp3) is 0.273. The van der Waals surface area contributed by atoms with Gasteiger partial charge in [-0.1, -0.05) is 18.3 Å². The number of anilines is 2. The van der Waals surface area contributed by atoms with Crippen molar-refractivity contribution in [3.63, 3.8) is 0 Å². The molecule has 0 saturated heterocycles. The van der Waals surface area contributed by atoms with Crippen LogP contribution in [0.2, 0.25) is 0 Å². The summed E-state index contributed by atoms with van der Waals surface area (Å²) in [5, 5.41) is 3.16. The van der Waals surface area contributed by atoms with Gasteiger partial charge >= 0.3 is 0 Å². The van der Waals surface area contributed by atoms with Crippen molar-refractivity contribution in [2.45, 2.75) is 6.92 Å². The second-order valence-electron chi connectivity index (χ2n) is 3.67. The molecule has 1 amide bonds. The highest BCUT2D eigenvalue weighted by molar-refractivity contribution is 7.85. The SMILES string of the molecule is CCS(=O)CC(=O)Nc1nc2ccc(N)cc2s1. The normalized spacial score (nSPS) is 12.5. The molecule has 0 aliphatic heterocycles. The Balaban J connectivity index is 2.12. The number of amides is 1. The van der Waals surface area contributed by atoms with Crippen molar-refractivity contribution >= 4 is 49.1 Å². The van der Waals surface area contributed by atoms with Crippen LogP contribution in [0.4, 0.5) is 10.8 Å². The molecule has 0 bridgehead atoms. The number of carbonyl (C=O) groups is 1. The molecule has 0 aliphatic carbocycles. The van der Waals surface area contributed by atoms with Crippen molar-refractivity contribution < 1.29 is 9.00 Å². The smallest absolute Gasteiger partial charge is 0.238 e. The van der Waals surface area contributed by atoms with Gasteiger partial charge in [-0.25, -0.2) is 4.98 Å². The van der Waals surface area contributed by atoms with Gasteiger partial charge < -0.3 is 11.1 Å². The summed E-state index contributed by atoms with van der Waals surface area (Å²) in [6.45, 7) is 1.78. The zero-order valence-corrected chi connectivity index (χ0v) is 11.4. The Kier molecular flexibility index (Phi) is 3.93. The molecule has 3 N–H and O–H groups in total. The average Bonchev–Trinajstić information content (AvgIpc) is 2.69. The second kappa shape index (κ2) is 5.45. The van der Waals surface area contributed by atoms with Crippen LogP contribution in [0.1, 0.15) is 6.92 Å². The highest BCUT2D eigenvalue weighted by Crippen LogP contribution is 2.27. The van der Waals surface area contributed by atoms with Gasteiger partial charge in [0.1, 0.15) is 5.75 Å². The molecule has 1 atom stereocenters. The van der Waals surface area contributed by atoms with Crippen molar-refractivity contribution in [2.75, 3.05) is 22.6 Å². The summed E-state index contributed by atoms with van der Waals surface area (Å²) in [6, 6.07) is 5.38. The molecule has 96 valence electrons. The summed E-state index contributed by atoms with van der Waals surface area (Å²) >= 11 is 1.35. The summed E-state index contributed by atoms with van der Waals surface area (Å²) in [4.78, 5) is 15.8. The molecule has 2 aromatic rings. The van der Waals surface area contributed by atoms with Crippen molar-refractivity contribution in [1.29, 1.82) is 0 Å². The number of nitrogen functional groups attached to an aromatic ring is 1. The Bertz CT molecular complexity index is 609. The van der Waals surface area contributed by atoms with Gasteiger partial charge in [-0.15, -0.1) is 0 Å². The lowest BCUT2D eigenvalue weighted by molar-refractivity contribution is -0.113. The van der Waals surface area contributed by atoms with E-state index in [0.717, 1.165) is 10.2 Å². The zero-order valence-electron chi connectivity index (χ0n) is 9.80. The Morgan fingerprint density at radius 3 is 3.06 bits per heavy atom. The van der Waals surface area contributed by atoms with E-state index in [0.29, 0.717) is 16.6 Å². The molecule has 1 aromatic carbocycles. The number of benzene rings is 1. The van der Waals surface area contributed by atoms with E-state index in [1.807, 2.05) is 6.07 Å². The number of nitrogens with zero attached hydrogens (tertiary/aromatic N) is 1. The van der Waals surface area contributed by atoms with Gasteiger partial charge in [-0.3, -0.25) is 9.00 Å². The number of nitrogens with two attached hydrogens (primary N) is 1. The number of thiazole rings is 1. The third kappa shape index (κ3) is 3.05. The lowest BCUT2D eigenvalue weighted by Crippen LogP contribution is -2.20. The Hall–Kier alpha value is -1.47. The Labute approximate surface area is 111 Å².